The van der Waals surface area contributed by atoms with Gasteiger partial charge in [-0.1, -0.05) is 97.1 Å². The summed E-state index contributed by atoms with van der Waals surface area (Å²) in [6.45, 7) is 0. The first kappa shape index (κ1) is 20.0. The Kier molecular flexibility index (Phi) is 5.13. The van der Waals surface area contributed by atoms with Crippen molar-refractivity contribution in [1.82, 2.24) is 15.0 Å². The molecule has 0 fully saturated rings. The summed E-state index contributed by atoms with van der Waals surface area (Å²) in [7, 11) is 0. The van der Waals surface area contributed by atoms with Crippen molar-refractivity contribution in [3.8, 4) is 44.8 Å². The van der Waals surface area contributed by atoms with E-state index < -0.39 is 0 Å². The highest BCUT2D eigenvalue weighted by Gasteiger charge is 2.17. The van der Waals surface area contributed by atoms with Crippen LogP contribution in [0.1, 0.15) is 0 Å². The van der Waals surface area contributed by atoms with Crippen LogP contribution >= 0.6 is 0 Å². The number of aromatic nitrogens is 3. The molecule has 4 aromatic carbocycles. The van der Waals surface area contributed by atoms with Gasteiger partial charge in [0.1, 0.15) is 0 Å². The van der Waals surface area contributed by atoms with E-state index in [1.165, 1.54) is 0 Å². The van der Waals surface area contributed by atoms with Crippen LogP contribution in [0.15, 0.2) is 128 Å². The summed E-state index contributed by atoms with van der Waals surface area (Å²) in [4.78, 5) is 14.4. The van der Waals surface area contributed by atoms with Crippen molar-refractivity contribution in [2.45, 2.75) is 0 Å². The number of nitrogens with zero attached hydrogens (tertiary/aromatic N) is 3. The molecular weight excluding hydrogens is 414 g/mol. The number of hydrogen-bond acceptors (Lipinski definition) is 3. The van der Waals surface area contributed by atoms with Crippen molar-refractivity contribution in [3.63, 3.8) is 0 Å². The number of para-hydroxylation sites is 2. The third-order valence-electron chi connectivity index (χ3n) is 5.99. The topological polar surface area (TPSA) is 38.7 Å². The standard InChI is InChI=1S/C31H21N3/c1-2-9-23(10-3-1)26-12-4-5-13-27(26)31-30(33-28-14-6-7-15-29(28)34-31)24-18-16-22(17-19-24)25-11-8-20-32-21-25/h1-21H. The maximum Gasteiger partial charge on any atom is 0.0979 e. The van der Waals surface area contributed by atoms with Crippen molar-refractivity contribution in [1.29, 1.82) is 0 Å². The Hall–Kier alpha value is -4.63. The van der Waals surface area contributed by atoms with E-state index in [1.807, 2.05) is 42.6 Å². The monoisotopic (exact) mass is 435 g/mol. The number of benzene rings is 4. The Bertz CT molecular complexity index is 1570. The molecule has 0 unspecified atom stereocenters. The van der Waals surface area contributed by atoms with Gasteiger partial charge in [-0.2, -0.15) is 0 Å². The Morgan fingerprint density at radius 1 is 0.382 bits per heavy atom. The normalized spacial score (nSPS) is 10.9. The summed E-state index contributed by atoms with van der Waals surface area (Å²) in [5, 5.41) is 0. The summed E-state index contributed by atoms with van der Waals surface area (Å²) in [5.41, 5.74) is 10.1. The summed E-state index contributed by atoms with van der Waals surface area (Å²) < 4.78 is 0. The molecule has 0 aliphatic rings. The second-order valence-electron chi connectivity index (χ2n) is 8.14. The largest absolute Gasteiger partial charge is 0.264 e. The van der Waals surface area contributed by atoms with Gasteiger partial charge in [-0.3, -0.25) is 4.98 Å². The zero-order valence-electron chi connectivity index (χ0n) is 18.5. The fourth-order valence-corrected chi connectivity index (χ4v) is 4.30. The van der Waals surface area contributed by atoms with E-state index in [2.05, 4.69) is 83.8 Å². The van der Waals surface area contributed by atoms with Crippen molar-refractivity contribution in [3.05, 3.63) is 128 Å². The first-order valence-corrected chi connectivity index (χ1v) is 11.3. The first-order chi connectivity index (χ1) is 16.9. The number of pyridine rings is 1. The van der Waals surface area contributed by atoms with E-state index in [1.54, 1.807) is 6.20 Å². The third kappa shape index (κ3) is 3.74. The molecule has 0 N–H and O–H groups in total. The first-order valence-electron chi connectivity index (χ1n) is 11.3. The fourth-order valence-electron chi connectivity index (χ4n) is 4.30. The molecule has 160 valence electrons. The van der Waals surface area contributed by atoms with E-state index in [0.29, 0.717) is 0 Å². The molecule has 0 amide bonds. The molecule has 2 heterocycles. The van der Waals surface area contributed by atoms with Gasteiger partial charge in [0.05, 0.1) is 22.4 Å². The highest BCUT2D eigenvalue weighted by Crippen LogP contribution is 2.37. The van der Waals surface area contributed by atoms with Crippen molar-refractivity contribution < 1.29 is 0 Å². The Morgan fingerprint density at radius 3 is 1.68 bits per heavy atom. The molecule has 0 atom stereocenters. The number of hydrogen-bond donors (Lipinski definition) is 0. The molecule has 0 aliphatic heterocycles. The lowest BCUT2D eigenvalue weighted by molar-refractivity contribution is 1.29. The molecule has 0 bridgehead atoms. The third-order valence-corrected chi connectivity index (χ3v) is 5.99. The second-order valence-corrected chi connectivity index (χ2v) is 8.14. The van der Waals surface area contributed by atoms with Gasteiger partial charge in [0, 0.05) is 23.5 Å². The molecule has 2 aromatic heterocycles. The molecule has 6 rings (SSSR count). The Labute approximate surface area is 198 Å². The molecule has 6 aromatic rings. The van der Waals surface area contributed by atoms with Gasteiger partial charge >= 0.3 is 0 Å². The quantitative estimate of drug-likeness (QED) is 0.285. The van der Waals surface area contributed by atoms with Crippen LogP contribution in [0.2, 0.25) is 0 Å². The van der Waals surface area contributed by atoms with Crippen LogP contribution in [0.25, 0.3) is 55.8 Å². The van der Waals surface area contributed by atoms with E-state index >= 15 is 0 Å². The zero-order valence-corrected chi connectivity index (χ0v) is 18.5. The maximum atomic E-state index is 5.12. The lowest BCUT2D eigenvalue weighted by Crippen LogP contribution is -1.97. The van der Waals surface area contributed by atoms with E-state index in [-0.39, 0.29) is 0 Å². The minimum atomic E-state index is 0.875. The summed E-state index contributed by atoms with van der Waals surface area (Å²) in [6, 6.07) is 39.4. The van der Waals surface area contributed by atoms with Crippen LogP contribution in [-0.2, 0) is 0 Å². The maximum absolute atomic E-state index is 5.12. The van der Waals surface area contributed by atoms with Gasteiger partial charge in [-0.15, -0.1) is 0 Å². The van der Waals surface area contributed by atoms with Crippen LogP contribution in [0, 0.1) is 0 Å². The van der Waals surface area contributed by atoms with Crippen LogP contribution in [-0.4, -0.2) is 15.0 Å². The Morgan fingerprint density at radius 2 is 0.971 bits per heavy atom. The van der Waals surface area contributed by atoms with E-state index in [4.69, 9.17) is 9.97 Å². The smallest absolute Gasteiger partial charge is 0.0979 e. The summed E-state index contributed by atoms with van der Waals surface area (Å²) >= 11 is 0. The van der Waals surface area contributed by atoms with Crippen LogP contribution in [0.3, 0.4) is 0 Å². The molecule has 0 aliphatic carbocycles. The van der Waals surface area contributed by atoms with Crippen molar-refractivity contribution in [2.24, 2.45) is 0 Å². The summed E-state index contributed by atoms with van der Waals surface area (Å²) in [5.74, 6) is 0. The predicted molar refractivity (Wildman–Crippen MR) is 139 cm³/mol. The average Bonchev–Trinajstić information content (AvgIpc) is 2.93. The molecule has 0 saturated heterocycles. The minimum absolute atomic E-state index is 0.875. The number of rotatable bonds is 4. The van der Waals surface area contributed by atoms with Crippen LogP contribution < -0.4 is 0 Å². The van der Waals surface area contributed by atoms with Gasteiger partial charge in [-0.25, -0.2) is 9.97 Å². The van der Waals surface area contributed by atoms with Crippen molar-refractivity contribution >= 4 is 11.0 Å². The lowest BCUT2D eigenvalue weighted by Gasteiger charge is -2.14. The van der Waals surface area contributed by atoms with Crippen molar-refractivity contribution in [2.75, 3.05) is 0 Å². The van der Waals surface area contributed by atoms with E-state index in [9.17, 15) is 0 Å². The molecule has 0 saturated carbocycles. The molecule has 0 spiro atoms. The van der Waals surface area contributed by atoms with Gasteiger partial charge in [0.2, 0.25) is 0 Å². The Balaban J connectivity index is 1.56. The van der Waals surface area contributed by atoms with Crippen LogP contribution in [0.5, 0.6) is 0 Å². The highest BCUT2D eigenvalue weighted by molar-refractivity contribution is 5.92. The molecular formula is C31H21N3. The minimum Gasteiger partial charge on any atom is -0.264 e. The SMILES string of the molecule is c1ccc(-c2ccccc2-c2nc3ccccc3nc2-c2ccc(-c3cccnc3)cc2)cc1. The molecule has 34 heavy (non-hydrogen) atoms. The predicted octanol–water partition coefficient (Wildman–Crippen LogP) is 7.69. The fraction of sp³-hybridized carbons (Fsp3) is 0. The average molecular weight is 436 g/mol. The summed E-state index contributed by atoms with van der Waals surface area (Å²) in [6.07, 6.45) is 3.67. The van der Waals surface area contributed by atoms with Crippen LogP contribution in [0.4, 0.5) is 0 Å². The van der Waals surface area contributed by atoms with Gasteiger partial charge < -0.3 is 0 Å². The zero-order chi connectivity index (χ0) is 22.7. The second kappa shape index (κ2) is 8.72. The molecule has 0 radical (unpaired) electrons. The molecule has 3 heteroatoms. The van der Waals surface area contributed by atoms with Gasteiger partial charge in [0.15, 0.2) is 0 Å². The van der Waals surface area contributed by atoms with E-state index in [0.717, 1.165) is 55.8 Å². The lowest BCUT2D eigenvalue weighted by atomic mass is 9.94. The number of fused-ring (bicyclic) bond motifs is 1. The van der Waals surface area contributed by atoms with Gasteiger partial charge in [0.25, 0.3) is 0 Å². The van der Waals surface area contributed by atoms with Gasteiger partial charge in [-0.05, 0) is 40.5 Å². The molecule has 3 nitrogen and oxygen atoms in total. The highest BCUT2D eigenvalue weighted by atomic mass is 14.8.